The van der Waals surface area contributed by atoms with Gasteiger partial charge in [-0.05, 0) is 39.8 Å². The van der Waals surface area contributed by atoms with E-state index in [1.807, 2.05) is 48.5 Å². The number of para-hydroxylation sites is 2. The van der Waals surface area contributed by atoms with Crippen LogP contribution in [0.1, 0.15) is 39.4 Å². The monoisotopic (exact) mass is 384 g/mol. The van der Waals surface area contributed by atoms with Crippen LogP contribution in [0.2, 0.25) is 0 Å². The Morgan fingerprint density at radius 1 is 0.929 bits per heavy atom. The first-order valence-corrected chi connectivity index (χ1v) is 9.82. The van der Waals surface area contributed by atoms with Crippen molar-refractivity contribution in [1.29, 1.82) is 0 Å². The minimum atomic E-state index is -0.746. The molecule has 2 aromatic rings. The number of nitrogens with zero attached hydrogens (tertiary/aromatic N) is 1. The Morgan fingerprint density at radius 2 is 1.50 bits per heavy atom. The van der Waals surface area contributed by atoms with Gasteiger partial charge in [0.2, 0.25) is 6.10 Å². The van der Waals surface area contributed by atoms with Crippen LogP contribution in [0.15, 0.2) is 54.6 Å². The van der Waals surface area contributed by atoms with Gasteiger partial charge >= 0.3 is 0 Å². The average Bonchev–Trinajstić information content (AvgIpc) is 2.69. The van der Waals surface area contributed by atoms with E-state index < -0.39 is 6.10 Å². The van der Waals surface area contributed by atoms with Crippen molar-refractivity contribution in [3.8, 4) is 11.5 Å². The second-order valence-corrected chi connectivity index (χ2v) is 7.28. The van der Waals surface area contributed by atoms with Crippen molar-refractivity contribution in [2.45, 2.75) is 45.9 Å². The third-order valence-electron chi connectivity index (χ3n) is 4.65. The Kier molecular flexibility index (Phi) is 8.33. The van der Waals surface area contributed by atoms with Crippen LogP contribution in [0.25, 0.3) is 0 Å². The van der Waals surface area contributed by atoms with Crippen molar-refractivity contribution in [2.24, 2.45) is 0 Å². The summed E-state index contributed by atoms with van der Waals surface area (Å²) in [4.78, 5) is 15.3. The Balaban J connectivity index is 2.12. The SMILES string of the molecule is COc1ccccc1O[C@H](C(=O)NCCN(C(C)C)C(C)C)c1ccccc1. The molecule has 0 aliphatic carbocycles. The Morgan fingerprint density at radius 3 is 2.07 bits per heavy atom. The molecule has 1 N–H and O–H groups in total. The zero-order chi connectivity index (χ0) is 20.5. The van der Waals surface area contributed by atoms with Gasteiger partial charge in [-0.1, -0.05) is 42.5 Å². The largest absolute Gasteiger partial charge is 0.493 e. The van der Waals surface area contributed by atoms with Gasteiger partial charge in [0.15, 0.2) is 11.5 Å². The van der Waals surface area contributed by atoms with E-state index in [9.17, 15) is 4.79 Å². The molecular weight excluding hydrogens is 352 g/mol. The minimum Gasteiger partial charge on any atom is -0.493 e. The van der Waals surface area contributed by atoms with Crippen LogP contribution >= 0.6 is 0 Å². The fraction of sp³-hybridized carbons (Fsp3) is 0.435. The normalized spacial score (nSPS) is 12.3. The van der Waals surface area contributed by atoms with E-state index in [0.29, 0.717) is 30.1 Å². The molecule has 0 aromatic heterocycles. The number of carbonyl (C=O) groups excluding carboxylic acids is 1. The molecule has 0 bridgehead atoms. The van der Waals surface area contributed by atoms with Crippen LogP contribution in [0.5, 0.6) is 11.5 Å². The van der Waals surface area contributed by atoms with E-state index in [2.05, 4.69) is 37.9 Å². The van der Waals surface area contributed by atoms with Gasteiger partial charge < -0.3 is 14.8 Å². The maximum absolute atomic E-state index is 13.0. The first kappa shape index (κ1) is 21.8. The van der Waals surface area contributed by atoms with Crippen molar-refractivity contribution >= 4 is 5.91 Å². The van der Waals surface area contributed by atoms with Gasteiger partial charge in [-0.2, -0.15) is 0 Å². The second-order valence-electron chi connectivity index (χ2n) is 7.28. The van der Waals surface area contributed by atoms with Crippen LogP contribution in [0.4, 0.5) is 0 Å². The maximum Gasteiger partial charge on any atom is 0.265 e. The smallest absolute Gasteiger partial charge is 0.265 e. The summed E-state index contributed by atoms with van der Waals surface area (Å²) < 4.78 is 11.4. The number of benzene rings is 2. The lowest BCUT2D eigenvalue weighted by atomic mass is 10.1. The Hall–Kier alpha value is -2.53. The quantitative estimate of drug-likeness (QED) is 0.671. The molecule has 0 unspecified atom stereocenters. The summed E-state index contributed by atoms with van der Waals surface area (Å²) in [6.07, 6.45) is -0.746. The first-order chi connectivity index (χ1) is 13.4. The molecule has 0 saturated carbocycles. The first-order valence-electron chi connectivity index (χ1n) is 9.82. The average molecular weight is 385 g/mol. The molecule has 5 heteroatoms. The lowest BCUT2D eigenvalue weighted by Crippen LogP contribution is -2.43. The fourth-order valence-electron chi connectivity index (χ4n) is 3.26. The lowest BCUT2D eigenvalue weighted by Gasteiger charge is -2.30. The van der Waals surface area contributed by atoms with Crippen LogP contribution < -0.4 is 14.8 Å². The number of carbonyl (C=O) groups is 1. The molecule has 0 spiro atoms. The summed E-state index contributed by atoms with van der Waals surface area (Å²) in [5.41, 5.74) is 0.801. The molecule has 1 atom stereocenters. The number of hydrogen-bond donors (Lipinski definition) is 1. The van der Waals surface area contributed by atoms with E-state index in [1.165, 1.54) is 0 Å². The van der Waals surface area contributed by atoms with E-state index >= 15 is 0 Å². The molecule has 0 aliphatic heterocycles. The van der Waals surface area contributed by atoms with Crippen LogP contribution in [-0.4, -0.2) is 43.1 Å². The number of amides is 1. The molecule has 0 heterocycles. The number of rotatable bonds is 10. The molecule has 1 amide bonds. The molecule has 0 aliphatic rings. The van der Waals surface area contributed by atoms with Gasteiger partial charge in [-0.25, -0.2) is 0 Å². The van der Waals surface area contributed by atoms with Gasteiger partial charge in [0.1, 0.15) is 0 Å². The highest BCUT2D eigenvalue weighted by atomic mass is 16.5. The van der Waals surface area contributed by atoms with Crippen molar-refractivity contribution in [2.75, 3.05) is 20.2 Å². The predicted molar refractivity (Wildman–Crippen MR) is 113 cm³/mol. The fourth-order valence-corrected chi connectivity index (χ4v) is 3.26. The van der Waals surface area contributed by atoms with Gasteiger partial charge in [0, 0.05) is 30.7 Å². The lowest BCUT2D eigenvalue weighted by molar-refractivity contribution is -0.128. The molecule has 0 saturated heterocycles. The topological polar surface area (TPSA) is 50.8 Å². The highest BCUT2D eigenvalue weighted by Crippen LogP contribution is 2.30. The van der Waals surface area contributed by atoms with E-state index in [-0.39, 0.29) is 5.91 Å². The van der Waals surface area contributed by atoms with Gasteiger partial charge in [0.25, 0.3) is 5.91 Å². The highest BCUT2D eigenvalue weighted by Gasteiger charge is 2.24. The third-order valence-corrected chi connectivity index (χ3v) is 4.65. The summed E-state index contributed by atoms with van der Waals surface area (Å²) in [7, 11) is 1.59. The number of hydrogen-bond acceptors (Lipinski definition) is 4. The van der Waals surface area contributed by atoms with Crippen molar-refractivity contribution < 1.29 is 14.3 Å². The second kappa shape index (κ2) is 10.7. The zero-order valence-electron chi connectivity index (χ0n) is 17.5. The molecule has 5 nitrogen and oxygen atoms in total. The maximum atomic E-state index is 13.0. The number of ether oxygens (including phenoxy) is 2. The summed E-state index contributed by atoms with van der Waals surface area (Å²) in [5, 5.41) is 3.03. The van der Waals surface area contributed by atoms with Crippen molar-refractivity contribution in [1.82, 2.24) is 10.2 Å². The van der Waals surface area contributed by atoms with Crippen molar-refractivity contribution in [3.05, 3.63) is 60.2 Å². The summed E-state index contributed by atoms with van der Waals surface area (Å²) >= 11 is 0. The van der Waals surface area contributed by atoms with E-state index in [4.69, 9.17) is 9.47 Å². The molecule has 2 rings (SSSR count). The van der Waals surface area contributed by atoms with E-state index in [0.717, 1.165) is 12.1 Å². The zero-order valence-corrected chi connectivity index (χ0v) is 17.5. The molecule has 0 fully saturated rings. The van der Waals surface area contributed by atoms with Crippen molar-refractivity contribution in [3.63, 3.8) is 0 Å². The summed E-state index contributed by atoms with van der Waals surface area (Å²) in [6.45, 7) is 10.0. The summed E-state index contributed by atoms with van der Waals surface area (Å²) in [6, 6.07) is 17.7. The Labute approximate surface area is 168 Å². The molecule has 152 valence electrons. The van der Waals surface area contributed by atoms with Gasteiger partial charge in [-0.3, -0.25) is 9.69 Å². The number of nitrogens with one attached hydrogen (secondary N) is 1. The molecular formula is C23H32N2O3. The molecule has 28 heavy (non-hydrogen) atoms. The Bertz CT molecular complexity index is 724. The highest BCUT2D eigenvalue weighted by molar-refractivity contribution is 5.82. The standard InChI is InChI=1S/C23H32N2O3/c1-17(2)25(18(3)4)16-15-24-23(26)22(19-11-7-6-8-12-19)28-21-14-10-9-13-20(21)27-5/h6-14,17-18,22H,15-16H2,1-5H3,(H,24,26)/t22-/m0/s1. The molecule has 0 radical (unpaired) electrons. The predicted octanol–water partition coefficient (Wildman–Crippen LogP) is 4.05. The van der Waals surface area contributed by atoms with Crippen LogP contribution in [-0.2, 0) is 4.79 Å². The number of methoxy groups -OCH3 is 1. The van der Waals surface area contributed by atoms with Crippen LogP contribution in [0.3, 0.4) is 0 Å². The van der Waals surface area contributed by atoms with E-state index in [1.54, 1.807) is 13.2 Å². The summed E-state index contributed by atoms with van der Waals surface area (Å²) in [5.74, 6) is 0.978. The third kappa shape index (κ3) is 5.99. The molecule has 2 aromatic carbocycles. The minimum absolute atomic E-state index is 0.162. The van der Waals surface area contributed by atoms with Gasteiger partial charge in [-0.15, -0.1) is 0 Å². The van der Waals surface area contributed by atoms with Crippen LogP contribution in [0, 0.1) is 0 Å². The van der Waals surface area contributed by atoms with Gasteiger partial charge in [0.05, 0.1) is 7.11 Å².